The van der Waals surface area contributed by atoms with Gasteiger partial charge in [-0.05, 0) is 40.8 Å². The molecule has 1 nitrogen and oxygen atoms in total. The highest BCUT2D eigenvalue weighted by Gasteiger charge is 1.97. The van der Waals surface area contributed by atoms with Crippen molar-refractivity contribution in [1.29, 1.82) is 0 Å². The van der Waals surface area contributed by atoms with E-state index in [2.05, 4.69) is 27.9 Å². The summed E-state index contributed by atoms with van der Waals surface area (Å²) in [6, 6.07) is 4.94. The van der Waals surface area contributed by atoms with E-state index in [1.807, 2.05) is 0 Å². The van der Waals surface area contributed by atoms with Gasteiger partial charge in [0.1, 0.15) is 5.82 Å². The molecule has 0 aliphatic carbocycles. The van der Waals surface area contributed by atoms with Crippen LogP contribution in [0.5, 0.6) is 0 Å². The summed E-state index contributed by atoms with van der Waals surface area (Å²) in [6.07, 6.45) is 0. The molecule has 0 radical (unpaired) electrons. The molecule has 0 aliphatic heterocycles. The van der Waals surface area contributed by atoms with Crippen LogP contribution < -0.4 is 5.32 Å². The zero-order valence-electron chi connectivity index (χ0n) is 5.49. The molecule has 54 valence electrons. The first kappa shape index (κ1) is 7.78. The second-order valence-electron chi connectivity index (χ2n) is 1.87. The largest absolute Gasteiger partial charge is 0.386 e. The molecule has 1 N–H and O–H groups in total. The van der Waals surface area contributed by atoms with E-state index in [4.69, 9.17) is 0 Å². The Bertz CT molecular complexity index is 237. The number of hydrogen-bond donors (Lipinski definition) is 1. The minimum atomic E-state index is -0.206. The Morgan fingerprint density at radius 3 is 2.70 bits per heavy atom. The molecule has 0 saturated heterocycles. The predicted molar refractivity (Wildman–Crippen MR) is 48.7 cm³/mol. The van der Waals surface area contributed by atoms with E-state index >= 15 is 0 Å². The van der Waals surface area contributed by atoms with Crippen LogP contribution in [0.1, 0.15) is 0 Å². The van der Waals surface area contributed by atoms with Gasteiger partial charge in [-0.25, -0.2) is 4.39 Å². The number of nitrogens with one attached hydrogen (secondary N) is 1. The summed E-state index contributed by atoms with van der Waals surface area (Å²) >= 11 is 2.14. The average Bonchev–Trinajstić information content (AvgIpc) is 1.94. The van der Waals surface area contributed by atoms with Crippen LogP contribution in [0.15, 0.2) is 18.2 Å². The topological polar surface area (TPSA) is 12.0 Å². The second kappa shape index (κ2) is 3.18. The molecule has 0 unspecified atom stereocenters. The molecule has 10 heavy (non-hydrogen) atoms. The van der Waals surface area contributed by atoms with Gasteiger partial charge in [0.2, 0.25) is 0 Å². The smallest absolute Gasteiger partial charge is 0.146 e. The standard InChI is InChI=1S/C7H7FIN/c1-10-7-4-5(9)2-3-6(7)8/h2-4,10H,1H3. The molecule has 0 atom stereocenters. The molecule has 1 aromatic rings. The van der Waals surface area contributed by atoms with Gasteiger partial charge in [-0.15, -0.1) is 0 Å². The summed E-state index contributed by atoms with van der Waals surface area (Å²) in [6.45, 7) is 0. The Hall–Kier alpha value is -0.320. The van der Waals surface area contributed by atoms with Crippen LogP contribution in [0, 0.1) is 9.39 Å². The van der Waals surface area contributed by atoms with Crippen molar-refractivity contribution in [3.05, 3.63) is 27.6 Å². The van der Waals surface area contributed by atoms with Crippen LogP contribution in [-0.2, 0) is 0 Å². The van der Waals surface area contributed by atoms with E-state index in [0.717, 1.165) is 3.57 Å². The summed E-state index contributed by atoms with van der Waals surface area (Å²) < 4.78 is 13.7. The molecule has 0 heterocycles. The molecule has 0 bridgehead atoms. The van der Waals surface area contributed by atoms with E-state index in [-0.39, 0.29) is 5.82 Å². The van der Waals surface area contributed by atoms with Crippen LogP contribution in [0.2, 0.25) is 0 Å². The number of anilines is 1. The summed E-state index contributed by atoms with van der Waals surface area (Å²) in [5.41, 5.74) is 0.548. The fourth-order valence-corrected chi connectivity index (χ4v) is 1.18. The molecule has 0 aliphatic rings. The highest BCUT2D eigenvalue weighted by atomic mass is 127. The molecule has 0 saturated carbocycles. The van der Waals surface area contributed by atoms with Gasteiger partial charge >= 0.3 is 0 Å². The second-order valence-corrected chi connectivity index (χ2v) is 3.12. The van der Waals surface area contributed by atoms with Gasteiger partial charge in [-0.2, -0.15) is 0 Å². The Morgan fingerprint density at radius 1 is 1.50 bits per heavy atom. The third-order valence-electron chi connectivity index (χ3n) is 1.20. The molecular formula is C7H7FIN. The fraction of sp³-hybridized carbons (Fsp3) is 0.143. The maximum absolute atomic E-state index is 12.7. The zero-order chi connectivity index (χ0) is 7.56. The quantitative estimate of drug-likeness (QED) is 0.756. The van der Waals surface area contributed by atoms with Gasteiger partial charge in [0.15, 0.2) is 0 Å². The van der Waals surface area contributed by atoms with Crippen LogP contribution in [-0.4, -0.2) is 7.05 Å². The van der Waals surface area contributed by atoms with E-state index in [1.54, 1.807) is 19.2 Å². The van der Waals surface area contributed by atoms with Crippen molar-refractivity contribution in [3.63, 3.8) is 0 Å². The molecular weight excluding hydrogens is 244 g/mol. The SMILES string of the molecule is CNc1cc(I)ccc1F. The van der Waals surface area contributed by atoms with E-state index in [9.17, 15) is 4.39 Å². The summed E-state index contributed by atoms with van der Waals surface area (Å²) in [7, 11) is 1.70. The van der Waals surface area contributed by atoms with Crippen LogP contribution in [0.4, 0.5) is 10.1 Å². The maximum Gasteiger partial charge on any atom is 0.146 e. The van der Waals surface area contributed by atoms with E-state index in [1.165, 1.54) is 6.07 Å². The first-order valence-corrected chi connectivity index (χ1v) is 3.94. The lowest BCUT2D eigenvalue weighted by atomic mass is 10.3. The molecule has 0 fully saturated rings. The van der Waals surface area contributed by atoms with Gasteiger partial charge in [0.25, 0.3) is 0 Å². The maximum atomic E-state index is 12.7. The Labute approximate surface area is 72.8 Å². The lowest BCUT2D eigenvalue weighted by Crippen LogP contribution is -1.91. The van der Waals surface area contributed by atoms with Gasteiger partial charge < -0.3 is 5.32 Å². The predicted octanol–water partition coefficient (Wildman–Crippen LogP) is 2.47. The van der Waals surface area contributed by atoms with E-state index in [0.29, 0.717) is 5.69 Å². The fourth-order valence-electron chi connectivity index (χ4n) is 0.689. The summed E-state index contributed by atoms with van der Waals surface area (Å²) in [4.78, 5) is 0. The highest BCUT2D eigenvalue weighted by molar-refractivity contribution is 14.1. The van der Waals surface area contributed by atoms with Crippen molar-refractivity contribution >= 4 is 28.3 Å². The van der Waals surface area contributed by atoms with Crippen LogP contribution in [0.3, 0.4) is 0 Å². The first-order chi connectivity index (χ1) is 4.74. The number of benzene rings is 1. The number of halogens is 2. The van der Waals surface area contributed by atoms with E-state index < -0.39 is 0 Å². The zero-order valence-corrected chi connectivity index (χ0v) is 7.65. The van der Waals surface area contributed by atoms with Crippen LogP contribution >= 0.6 is 22.6 Å². The molecule has 0 aromatic heterocycles. The first-order valence-electron chi connectivity index (χ1n) is 2.87. The van der Waals surface area contributed by atoms with Gasteiger partial charge in [-0.1, -0.05) is 0 Å². The lowest BCUT2D eigenvalue weighted by Gasteiger charge is -2.00. The minimum Gasteiger partial charge on any atom is -0.386 e. The monoisotopic (exact) mass is 251 g/mol. The molecule has 1 rings (SSSR count). The van der Waals surface area contributed by atoms with Crippen molar-refractivity contribution < 1.29 is 4.39 Å². The van der Waals surface area contributed by atoms with Crippen molar-refractivity contribution in [2.45, 2.75) is 0 Å². The molecule has 0 spiro atoms. The summed E-state index contributed by atoms with van der Waals surface area (Å²) in [5, 5.41) is 2.76. The third kappa shape index (κ3) is 1.59. The van der Waals surface area contributed by atoms with Gasteiger partial charge in [0.05, 0.1) is 5.69 Å². The van der Waals surface area contributed by atoms with Gasteiger partial charge in [-0.3, -0.25) is 0 Å². The molecule has 1 aromatic carbocycles. The summed E-state index contributed by atoms with van der Waals surface area (Å²) in [5.74, 6) is -0.206. The average molecular weight is 251 g/mol. The highest BCUT2D eigenvalue weighted by Crippen LogP contribution is 2.16. The Kier molecular flexibility index (Phi) is 2.48. The Balaban J connectivity index is 3.09. The van der Waals surface area contributed by atoms with Crippen molar-refractivity contribution in [1.82, 2.24) is 0 Å². The lowest BCUT2D eigenvalue weighted by molar-refractivity contribution is 0.631. The number of rotatable bonds is 1. The molecule has 0 amide bonds. The Morgan fingerprint density at radius 2 is 2.20 bits per heavy atom. The molecule has 3 heteroatoms. The van der Waals surface area contributed by atoms with Crippen molar-refractivity contribution in [2.24, 2.45) is 0 Å². The minimum absolute atomic E-state index is 0.206. The van der Waals surface area contributed by atoms with Gasteiger partial charge in [0, 0.05) is 10.6 Å². The normalized spacial score (nSPS) is 9.50. The van der Waals surface area contributed by atoms with Crippen molar-refractivity contribution in [2.75, 3.05) is 12.4 Å². The third-order valence-corrected chi connectivity index (χ3v) is 1.87. The van der Waals surface area contributed by atoms with Crippen LogP contribution in [0.25, 0.3) is 0 Å². The van der Waals surface area contributed by atoms with Crippen molar-refractivity contribution in [3.8, 4) is 0 Å². The number of hydrogen-bond acceptors (Lipinski definition) is 1.